The highest BCUT2D eigenvalue weighted by molar-refractivity contribution is 6.00. The molecule has 0 fully saturated rings. The molecule has 2 aromatic rings. The first kappa shape index (κ1) is 12.1. The summed E-state index contributed by atoms with van der Waals surface area (Å²) in [5.41, 5.74) is 8.13. The Balaban J connectivity index is 2.68. The van der Waals surface area contributed by atoms with Crippen LogP contribution in [0.1, 0.15) is 17.0 Å². The van der Waals surface area contributed by atoms with Crippen LogP contribution in [0.15, 0.2) is 29.4 Å². The minimum atomic E-state index is -0.457. The number of nitrogens with two attached hydrogens (primary N) is 1. The van der Waals surface area contributed by atoms with Gasteiger partial charge in [0.25, 0.3) is 0 Å². The lowest BCUT2D eigenvalue weighted by molar-refractivity contribution is 0.318. The molecule has 0 radical (unpaired) electrons. The average molecular weight is 248 g/mol. The van der Waals surface area contributed by atoms with Crippen LogP contribution >= 0.6 is 0 Å². The van der Waals surface area contributed by atoms with Crippen molar-refractivity contribution in [1.82, 2.24) is 9.78 Å². The Labute approximate surface area is 103 Å². The molecule has 0 saturated heterocycles. The van der Waals surface area contributed by atoms with Gasteiger partial charge in [-0.05, 0) is 38.1 Å². The normalized spacial score (nSPS) is 11.8. The van der Waals surface area contributed by atoms with Crippen molar-refractivity contribution < 1.29 is 9.60 Å². The van der Waals surface area contributed by atoms with E-state index in [1.54, 1.807) is 10.7 Å². The van der Waals surface area contributed by atoms with Crippen molar-refractivity contribution in [2.24, 2.45) is 10.9 Å². The molecule has 18 heavy (non-hydrogen) atoms. The summed E-state index contributed by atoms with van der Waals surface area (Å²) in [6, 6.07) is 5.95. The number of aryl methyl sites for hydroxylation is 2. The highest BCUT2D eigenvalue weighted by Crippen LogP contribution is 2.18. The van der Waals surface area contributed by atoms with Crippen molar-refractivity contribution >= 4 is 5.84 Å². The van der Waals surface area contributed by atoms with Crippen LogP contribution in [-0.4, -0.2) is 20.8 Å². The molecule has 2 rings (SSSR count). The first-order chi connectivity index (χ1) is 8.52. The van der Waals surface area contributed by atoms with E-state index in [0.717, 1.165) is 11.4 Å². The summed E-state index contributed by atoms with van der Waals surface area (Å²) in [5.74, 6) is -0.612. The maximum absolute atomic E-state index is 13.2. The lowest BCUT2D eigenvalue weighted by Crippen LogP contribution is -2.17. The molecule has 0 spiro atoms. The molecule has 0 bridgehead atoms. The number of amidine groups is 1. The molecular formula is C12H13FN4O. The Morgan fingerprint density at radius 1 is 1.39 bits per heavy atom. The van der Waals surface area contributed by atoms with E-state index >= 15 is 0 Å². The van der Waals surface area contributed by atoms with Crippen LogP contribution < -0.4 is 5.73 Å². The third-order valence-electron chi connectivity index (χ3n) is 2.58. The van der Waals surface area contributed by atoms with Crippen LogP contribution in [0.4, 0.5) is 4.39 Å². The second kappa shape index (κ2) is 4.48. The maximum Gasteiger partial charge on any atom is 0.172 e. The summed E-state index contributed by atoms with van der Waals surface area (Å²) >= 11 is 0. The van der Waals surface area contributed by atoms with Crippen molar-refractivity contribution in [2.45, 2.75) is 13.8 Å². The monoisotopic (exact) mass is 248 g/mol. The molecule has 1 aromatic heterocycles. The third-order valence-corrected chi connectivity index (χ3v) is 2.58. The first-order valence-electron chi connectivity index (χ1n) is 5.34. The van der Waals surface area contributed by atoms with E-state index in [4.69, 9.17) is 10.9 Å². The van der Waals surface area contributed by atoms with Gasteiger partial charge in [0, 0.05) is 11.3 Å². The Hall–Kier alpha value is -2.37. The van der Waals surface area contributed by atoms with Gasteiger partial charge < -0.3 is 10.9 Å². The Bertz CT molecular complexity index is 619. The summed E-state index contributed by atoms with van der Waals surface area (Å²) in [6.07, 6.45) is 0. The topological polar surface area (TPSA) is 76.4 Å². The van der Waals surface area contributed by atoms with Crippen LogP contribution in [0.3, 0.4) is 0 Å². The number of halogens is 1. The van der Waals surface area contributed by atoms with E-state index in [0.29, 0.717) is 11.3 Å². The number of rotatable bonds is 2. The number of oxime groups is 1. The number of nitrogens with zero attached hydrogens (tertiary/aromatic N) is 3. The number of hydrogen-bond donors (Lipinski definition) is 2. The van der Waals surface area contributed by atoms with Crippen LogP contribution in [0.5, 0.6) is 0 Å². The zero-order valence-electron chi connectivity index (χ0n) is 10.1. The van der Waals surface area contributed by atoms with Crippen molar-refractivity contribution in [2.75, 3.05) is 0 Å². The van der Waals surface area contributed by atoms with Crippen LogP contribution in [-0.2, 0) is 0 Å². The average Bonchev–Trinajstić information content (AvgIpc) is 2.67. The second-order valence-electron chi connectivity index (χ2n) is 3.99. The van der Waals surface area contributed by atoms with Gasteiger partial charge in [0.1, 0.15) is 5.82 Å². The van der Waals surface area contributed by atoms with Gasteiger partial charge in [-0.25, -0.2) is 9.07 Å². The molecule has 0 aliphatic rings. The molecule has 0 atom stereocenters. The number of hydrogen-bond acceptors (Lipinski definition) is 3. The van der Waals surface area contributed by atoms with Gasteiger partial charge in [-0.2, -0.15) is 5.10 Å². The number of aromatic nitrogens is 2. The summed E-state index contributed by atoms with van der Waals surface area (Å²) in [7, 11) is 0. The molecule has 0 aliphatic carbocycles. The quantitative estimate of drug-likeness (QED) is 0.368. The van der Waals surface area contributed by atoms with E-state index in [-0.39, 0.29) is 5.84 Å². The molecule has 1 aromatic carbocycles. The zero-order chi connectivity index (χ0) is 13.3. The van der Waals surface area contributed by atoms with E-state index in [1.807, 2.05) is 19.9 Å². The minimum Gasteiger partial charge on any atom is -0.409 e. The fourth-order valence-electron chi connectivity index (χ4n) is 1.82. The van der Waals surface area contributed by atoms with E-state index < -0.39 is 5.82 Å². The second-order valence-corrected chi connectivity index (χ2v) is 3.99. The zero-order valence-corrected chi connectivity index (χ0v) is 10.1. The summed E-state index contributed by atoms with van der Waals surface area (Å²) in [6.45, 7) is 3.73. The fourth-order valence-corrected chi connectivity index (χ4v) is 1.82. The molecule has 0 unspecified atom stereocenters. The molecule has 3 N–H and O–H groups in total. The van der Waals surface area contributed by atoms with Crippen molar-refractivity contribution in [1.29, 1.82) is 0 Å². The van der Waals surface area contributed by atoms with E-state index in [2.05, 4.69) is 10.3 Å². The van der Waals surface area contributed by atoms with Crippen LogP contribution in [0, 0.1) is 19.7 Å². The molecular weight excluding hydrogens is 235 g/mol. The van der Waals surface area contributed by atoms with Crippen molar-refractivity contribution in [3.05, 3.63) is 47.0 Å². The maximum atomic E-state index is 13.2. The van der Waals surface area contributed by atoms with Crippen molar-refractivity contribution in [3.63, 3.8) is 0 Å². The molecule has 0 aliphatic heterocycles. The first-order valence-corrected chi connectivity index (χ1v) is 5.34. The predicted octanol–water partition coefficient (Wildman–Crippen LogP) is 1.72. The van der Waals surface area contributed by atoms with E-state index in [9.17, 15) is 4.39 Å². The molecule has 0 saturated carbocycles. The fraction of sp³-hybridized carbons (Fsp3) is 0.167. The lowest BCUT2D eigenvalue weighted by atomic mass is 10.1. The largest absolute Gasteiger partial charge is 0.409 e. The standard InChI is InChI=1S/C12H13FN4O/c1-7-5-8(2)17(15-7)11-4-3-9(13)6-10(11)12(14)16-18/h3-6,18H,1-2H3,(H2,14,16). The van der Waals surface area contributed by atoms with Crippen LogP contribution in [0.2, 0.25) is 0 Å². The Morgan fingerprint density at radius 2 is 2.11 bits per heavy atom. The highest BCUT2D eigenvalue weighted by atomic mass is 19.1. The Kier molecular flexibility index (Phi) is 3.01. The molecule has 1 heterocycles. The van der Waals surface area contributed by atoms with Gasteiger partial charge in [0.2, 0.25) is 0 Å². The molecule has 6 heteroatoms. The van der Waals surface area contributed by atoms with Gasteiger partial charge in [0.15, 0.2) is 5.84 Å². The predicted molar refractivity (Wildman–Crippen MR) is 65.5 cm³/mol. The number of benzene rings is 1. The minimum absolute atomic E-state index is 0.156. The van der Waals surface area contributed by atoms with Gasteiger partial charge in [-0.3, -0.25) is 0 Å². The summed E-state index contributed by atoms with van der Waals surface area (Å²) in [4.78, 5) is 0. The summed E-state index contributed by atoms with van der Waals surface area (Å²) in [5, 5.41) is 15.9. The van der Waals surface area contributed by atoms with Gasteiger partial charge in [-0.1, -0.05) is 5.16 Å². The lowest BCUT2D eigenvalue weighted by Gasteiger charge is -2.10. The van der Waals surface area contributed by atoms with Gasteiger partial charge >= 0.3 is 0 Å². The van der Waals surface area contributed by atoms with Crippen LogP contribution in [0.25, 0.3) is 5.69 Å². The highest BCUT2D eigenvalue weighted by Gasteiger charge is 2.13. The molecule has 94 valence electrons. The Morgan fingerprint density at radius 3 is 2.67 bits per heavy atom. The molecule has 0 amide bonds. The SMILES string of the molecule is Cc1cc(C)n(-c2ccc(F)cc2C(N)=NO)n1. The van der Waals surface area contributed by atoms with Gasteiger partial charge in [-0.15, -0.1) is 0 Å². The third kappa shape index (κ3) is 2.04. The van der Waals surface area contributed by atoms with Crippen molar-refractivity contribution in [3.8, 4) is 5.69 Å². The summed E-state index contributed by atoms with van der Waals surface area (Å²) < 4.78 is 14.9. The molecule has 5 nitrogen and oxygen atoms in total. The van der Waals surface area contributed by atoms with E-state index in [1.165, 1.54) is 12.1 Å². The van der Waals surface area contributed by atoms with Gasteiger partial charge in [0.05, 0.1) is 11.4 Å². The smallest absolute Gasteiger partial charge is 0.172 e.